The number of hydrogen-bond acceptors (Lipinski definition) is 3. The van der Waals surface area contributed by atoms with Crippen LogP contribution in [0.4, 0.5) is 4.79 Å². The summed E-state index contributed by atoms with van der Waals surface area (Å²) in [6.07, 6.45) is -2.33. The van der Waals surface area contributed by atoms with E-state index in [1.54, 1.807) is 0 Å². The molecule has 0 heterocycles. The summed E-state index contributed by atoms with van der Waals surface area (Å²) in [5.41, 5.74) is 0. The fraction of sp³-hybridized carbons (Fsp3) is 0. The molecule has 3 nitrogen and oxygen atoms in total. The Balaban J connectivity index is -0.0000000450. The second-order valence-corrected chi connectivity index (χ2v) is 0.250. The minimum atomic E-state index is -2.33. The zero-order chi connectivity index (χ0) is 3.58. The van der Waals surface area contributed by atoms with Crippen molar-refractivity contribution in [3.05, 3.63) is 0 Å². The molecule has 0 aromatic rings. The van der Waals surface area contributed by atoms with Crippen LogP contribution in [0.2, 0.25) is 0 Å². The number of carbonyl (C=O) groups excluding carboxylic acids is 1. The van der Waals surface area contributed by atoms with Crippen LogP contribution in [0.5, 0.6) is 0 Å². The average Bonchev–Trinajstić information content (AvgIpc) is 0.811. The Morgan fingerprint density at radius 3 is 1.33 bits per heavy atom. The van der Waals surface area contributed by atoms with Gasteiger partial charge in [0.15, 0.2) is 0 Å². The quantitative estimate of drug-likeness (QED) is 0.350. The molecule has 34 valence electrons. The third kappa shape index (κ3) is 460. The first kappa shape index (κ1) is 16.2. The molecule has 0 saturated heterocycles. The van der Waals surface area contributed by atoms with Crippen LogP contribution in [0.15, 0.2) is 0 Å². The predicted octanol–water partition coefficient (Wildman–Crippen LogP) is -2.83. The summed E-state index contributed by atoms with van der Waals surface area (Å²) in [6.45, 7) is 0. The molecule has 0 saturated carbocycles. The van der Waals surface area contributed by atoms with Crippen molar-refractivity contribution in [2.75, 3.05) is 0 Å². The van der Waals surface area contributed by atoms with Crippen molar-refractivity contribution in [2.45, 2.75) is 0 Å². The van der Waals surface area contributed by atoms with Gasteiger partial charge in [-0.1, -0.05) is 0 Å². The van der Waals surface area contributed by atoms with Gasteiger partial charge in [-0.05, 0) is 6.16 Å². The first-order valence-electron chi connectivity index (χ1n) is 0.612. The summed E-state index contributed by atoms with van der Waals surface area (Å²) >= 11 is 0. The molecule has 0 atom stereocenters. The van der Waals surface area contributed by atoms with Gasteiger partial charge in [-0.2, -0.15) is 0 Å². The summed E-state index contributed by atoms with van der Waals surface area (Å²) in [5.74, 6) is 0. The van der Waals surface area contributed by atoms with E-state index in [1.165, 1.54) is 0 Å². The summed E-state index contributed by atoms with van der Waals surface area (Å²) in [5, 5.41) is 16.7. The smallest absolute Gasteiger partial charge is 0.652 e. The van der Waals surface area contributed by atoms with Gasteiger partial charge in [0.25, 0.3) is 0 Å². The molecule has 0 unspecified atom stereocenters. The Morgan fingerprint density at radius 1 is 1.33 bits per heavy atom. The van der Waals surface area contributed by atoms with Crippen LogP contribution in [0.1, 0.15) is 0 Å². The van der Waals surface area contributed by atoms with Crippen molar-refractivity contribution in [2.24, 2.45) is 0 Å². The van der Waals surface area contributed by atoms with E-state index in [1.807, 2.05) is 0 Å². The average molecular weight is 151 g/mol. The van der Waals surface area contributed by atoms with Crippen LogP contribution in [0.3, 0.4) is 0 Å². The van der Waals surface area contributed by atoms with Gasteiger partial charge in [0, 0.05) is 0 Å². The van der Waals surface area contributed by atoms with Gasteiger partial charge in [-0.25, -0.2) is 0 Å². The van der Waals surface area contributed by atoms with E-state index in [-0.39, 0.29) is 34.4 Å². The molecule has 0 spiro atoms. The summed E-state index contributed by atoms with van der Waals surface area (Å²) in [6, 6.07) is 0. The maximum Gasteiger partial charge on any atom is 3.00 e. The Labute approximate surface area is 56.0 Å². The van der Waals surface area contributed by atoms with Crippen LogP contribution < -0.4 is 10.2 Å². The molecule has 0 aliphatic carbocycles. The molecule has 0 aromatic carbocycles. The fourth-order valence-corrected chi connectivity index (χ4v) is 0. The van der Waals surface area contributed by atoms with Crippen molar-refractivity contribution in [1.29, 1.82) is 0 Å². The van der Waals surface area contributed by atoms with E-state index in [0.717, 1.165) is 0 Å². The zero-order valence-electron chi connectivity index (χ0n) is 2.60. The minimum Gasteiger partial charge on any atom is -0.652 e. The van der Waals surface area contributed by atoms with Gasteiger partial charge >= 0.3 is 34.4 Å². The Kier molecular flexibility index (Phi) is 24.4. The van der Waals surface area contributed by atoms with E-state index in [9.17, 15) is 0 Å². The SMILES string of the molecule is O=C([O-])[O-].[Al+3].[Cu+]. The zero-order valence-corrected chi connectivity index (χ0v) is 4.70. The van der Waals surface area contributed by atoms with E-state index in [4.69, 9.17) is 15.0 Å². The van der Waals surface area contributed by atoms with Crippen molar-refractivity contribution < 1.29 is 32.1 Å². The molecule has 5 heteroatoms. The van der Waals surface area contributed by atoms with Crippen LogP contribution in [-0.2, 0) is 17.1 Å². The second kappa shape index (κ2) is 9.01. The van der Waals surface area contributed by atoms with Crippen molar-refractivity contribution in [3.8, 4) is 0 Å². The normalized spacial score (nSPS) is 4.00. The number of hydrogen-bond donors (Lipinski definition) is 0. The van der Waals surface area contributed by atoms with Crippen molar-refractivity contribution in [3.63, 3.8) is 0 Å². The number of carbonyl (C=O) groups is 1. The minimum absolute atomic E-state index is 0. The third-order valence-corrected chi connectivity index (χ3v) is 0. The molecule has 0 aliphatic heterocycles. The van der Waals surface area contributed by atoms with Crippen molar-refractivity contribution >= 4 is 23.5 Å². The van der Waals surface area contributed by atoms with Gasteiger partial charge in [0.2, 0.25) is 0 Å². The molecule has 6 heavy (non-hydrogen) atoms. The summed E-state index contributed by atoms with van der Waals surface area (Å²) < 4.78 is 0. The first-order chi connectivity index (χ1) is 1.73. The Hall–Kier alpha value is 0.322. The Bertz CT molecular complexity index is 33.8. The molecule has 0 N–H and O–H groups in total. The molecule has 0 radical (unpaired) electrons. The van der Waals surface area contributed by atoms with Gasteiger partial charge in [0.05, 0.1) is 0 Å². The first-order valence-corrected chi connectivity index (χ1v) is 0.612. The molecule has 0 amide bonds. The van der Waals surface area contributed by atoms with Gasteiger partial charge in [-0.3, -0.25) is 0 Å². The number of rotatable bonds is 0. The van der Waals surface area contributed by atoms with Gasteiger partial charge < -0.3 is 15.0 Å². The molecule has 0 bridgehead atoms. The van der Waals surface area contributed by atoms with E-state index in [2.05, 4.69) is 0 Å². The van der Waals surface area contributed by atoms with Crippen LogP contribution >= 0.6 is 0 Å². The van der Waals surface area contributed by atoms with Crippen molar-refractivity contribution in [1.82, 2.24) is 0 Å². The maximum atomic E-state index is 8.33. The van der Waals surface area contributed by atoms with Gasteiger partial charge in [0.1, 0.15) is 0 Å². The summed E-state index contributed by atoms with van der Waals surface area (Å²) in [7, 11) is 0. The molecule has 0 aromatic heterocycles. The maximum absolute atomic E-state index is 8.33. The molecule has 0 aliphatic rings. The standard InChI is InChI=1S/CH2O3.Al.Cu/c2-1(3)4;;/h(H2,2,3,4);;/q;+3;+1/p-2. The fourth-order valence-electron chi connectivity index (χ4n) is 0. The Morgan fingerprint density at radius 2 is 1.33 bits per heavy atom. The number of carboxylic acid groups (broad SMARTS) is 2. The molecule has 0 fully saturated rings. The second-order valence-electron chi connectivity index (χ2n) is 0.250. The molecular weight excluding hydrogens is 151 g/mol. The molecular formula is CAlCuO3+2. The van der Waals surface area contributed by atoms with Crippen LogP contribution in [0, 0.1) is 0 Å². The van der Waals surface area contributed by atoms with Gasteiger partial charge in [-0.15, -0.1) is 0 Å². The third-order valence-electron chi connectivity index (χ3n) is 0. The predicted molar refractivity (Wildman–Crippen MR) is 11.1 cm³/mol. The topological polar surface area (TPSA) is 63.2 Å². The van der Waals surface area contributed by atoms with E-state index in [0.29, 0.717) is 0 Å². The van der Waals surface area contributed by atoms with E-state index >= 15 is 0 Å². The monoisotopic (exact) mass is 150 g/mol. The molecule has 0 rings (SSSR count). The van der Waals surface area contributed by atoms with E-state index < -0.39 is 6.16 Å². The van der Waals surface area contributed by atoms with Crippen LogP contribution in [-0.4, -0.2) is 23.5 Å². The van der Waals surface area contributed by atoms with Crippen LogP contribution in [0.25, 0.3) is 0 Å². The summed E-state index contributed by atoms with van der Waals surface area (Å²) in [4.78, 5) is 8.33. The largest absolute Gasteiger partial charge is 3.00 e.